The van der Waals surface area contributed by atoms with E-state index in [1.807, 2.05) is 6.92 Å². The Balaban J connectivity index is 2.05. The van der Waals surface area contributed by atoms with Crippen molar-refractivity contribution in [2.75, 3.05) is 0 Å². The molecule has 0 aliphatic carbocycles. The lowest BCUT2D eigenvalue weighted by molar-refractivity contribution is -0.137. The molecule has 2 nitrogen and oxygen atoms in total. The smallest absolute Gasteiger partial charge is 0.367 e. The van der Waals surface area contributed by atoms with E-state index in [1.165, 1.54) is 12.1 Å². The Labute approximate surface area is 109 Å². The van der Waals surface area contributed by atoms with Gasteiger partial charge in [-0.3, -0.25) is 4.79 Å². The van der Waals surface area contributed by atoms with E-state index in [2.05, 4.69) is 0 Å². The quantitative estimate of drug-likeness (QED) is 0.843. The summed E-state index contributed by atoms with van der Waals surface area (Å²) in [5.41, 5.74) is -0.346. The van der Waals surface area contributed by atoms with Crippen LogP contribution in [0.1, 0.15) is 30.9 Å². The van der Waals surface area contributed by atoms with Crippen molar-refractivity contribution >= 4 is 5.78 Å². The number of hydrogen-bond acceptors (Lipinski definition) is 2. The molecular formula is C14H15F3O2. The number of ketones is 1. The maximum atomic E-state index is 12.5. The summed E-state index contributed by atoms with van der Waals surface area (Å²) >= 11 is 0. The topological polar surface area (TPSA) is 26.3 Å². The highest BCUT2D eigenvalue weighted by atomic mass is 19.4. The van der Waals surface area contributed by atoms with Gasteiger partial charge in [0.05, 0.1) is 11.7 Å². The van der Waals surface area contributed by atoms with Gasteiger partial charge in [-0.05, 0) is 31.4 Å². The number of halogens is 3. The molecule has 2 rings (SSSR count). The second-order valence-electron chi connectivity index (χ2n) is 4.85. The van der Waals surface area contributed by atoms with E-state index in [0.29, 0.717) is 12.0 Å². The van der Waals surface area contributed by atoms with Crippen LogP contribution in [-0.2, 0) is 22.1 Å². The van der Waals surface area contributed by atoms with Crippen molar-refractivity contribution in [1.29, 1.82) is 0 Å². The fourth-order valence-corrected chi connectivity index (χ4v) is 2.21. The van der Waals surface area contributed by atoms with Crippen LogP contribution in [-0.4, -0.2) is 18.0 Å². The lowest BCUT2D eigenvalue weighted by atomic mass is 10.0. The summed E-state index contributed by atoms with van der Waals surface area (Å²) in [5, 5.41) is 0. The van der Waals surface area contributed by atoms with Crippen molar-refractivity contribution in [2.24, 2.45) is 0 Å². The SMILES string of the molecule is CC1CCC(C(=O)Cc2cccc(C(F)(F)F)c2)O1. The molecule has 1 aliphatic heterocycles. The van der Waals surface area contributed by atoms with E-state index in [4.69, 9.17) is 4.74 Å². The lowest BCUT2D eigenvalue weighted by Gasteiger charge is -2.11. The molecule has 0 N–H and O–H groups in total. The maximum Gasteiger partial charge on any atom is 0.416 e. The third kappa shape index (κ3) is 3.56. The molecule has 2 unspecified atom stereocenters. The van der Waals surface area contributed by atoms with Crippen LogP contribution < -0.4 is 0 Å². The van der Waals surface area contributed by atoms with Gasteiger partial charge in [-0.1, -0.05) is 18.2 Å². The highest BCUT2D eigenvalue weighted by Crippen LogP contribution is 2.30. The van der Waals surface area contributed by atoms with Crippen LogP contribution in [0.2, 0.25) is 0 Å². The summed E-state index contributed by atoms with van der Waals surface area (Å²) in [5.74, 6) is -0.149. The first-order valence-electron chi connectivity index (χ1n) is 6.20. The van der Waals surface area contributed by atoms with Crippen molar-refractivity contribution in [3.63, 3.8) is 0 Å². The number of carbonyl (C=O) groups excluding carboxylic acids is 1. The van der Waals surface area contributed by atoms with Gasteiger partial charge >= 0.3 is 6.18 Å². The summed E-state index contributed by atoms with van der Waals surface area (Å²) in [6, 6.07) is 4.88. The molecule has 0 saturated carbocycles. The Bertz CT molecular complexity index is 468. The summed E-state index contributed by atoms with van der Waals surface area (Å²) in [4.78, 5) is 11.9. The van der Waals surface area contributed by atoms with Crippen molar-refractivity contribution < 1.29 is 22.7 Å². The number of benzene rings is 1. The largest absolute Gasteiger partial charge is 0.416 e. The van der Waals surface area contributed by atoms with Gasteiger partial charge in [0, 0.05) is 6.42 Å². The molecule has 1 saturated heterocycles. The zero-order valence-electron chi connectivity index (χ0n) is 10.5. The van der Waals surface area contributed by atoms with E-state index >= 15 is 0 Å². The van der Waals surface area contributed by atoms with Gasteiger partial charge in [-0.15, -0.1) is 0 Å². The number of Topliss-reactive ketones (excluding diaryl/α,β-unsaturated/α-hetero) is 1. The Morgan fingerprint density at radius 2 is 2.11 bits per heavy atom. The number of rotatable bonds is 3. The van der Waals surface area contributed by atoms with Crippen LogP contribution in [0.3, 0.4) is 0 Å². The zero-order valence-corrected chi connectivity index (χ0v) is 10.5. The van der Waals surface area contributed by atoms with Gasteiger partial charge < -0.3 is 4.74 Å². The minimum atomic E-state index is -4.38. The molecule has 2 atom stereocenters. The van der Waals surface area contributed by atoms with E-state index in [9.17, 15) is 18.0 Å². The molecule has 1 fully saturated rings. The highest BCUT2D eigenvalue weighted by Gasteiger charge is 2.31. The minimum absolute atomic E-state index is 0.0126. The molecule has 1 aromatic carbocycles. The van der Waals surface area contributed by atoms with Gasteiger partial charge in [-0.25, -0.2) is 0 Å². The Hall–Kier alpha value is -1.36. The average molecular weight is 272 g/mol. The predicted molar refractivity (Wildman–Crippen MR) is 63.7 cm³/mol. The van der Waals surface area contributed by atoms with Crippen molar-refractivity contribution in [2.45, 2.75) is 44.6 Å². The Morgan fingerprint density at radius 3 is 2.68 bits per heavy atom. The minimum Gasteiger partial charge on any atom is -0.367 e. The highest BCUT2D eigenvalue weighted by molar-refractivity contribution is 5.85. The van der Waals surface area contributed by atoms with E-state index < -0.39 is 17.8 Å². The summed E-state index contributed by atoms with van der Waals surface area (Å²) < 4.78 is 43.1. The standard InChI is InChI=1S/C14H15F3O2/c1-9-5-6-13(19-9)12(18)8-10-3-2-4-11(7-10)14(15,16)17/h2-4,7,9,13H,5-6,8H2,1H3. The molecule has 0 amide bonds. The molecule has 1 aliphatic rings. The second kappa shape index (κ2) is 5.33. The van der Waals surface area contributed by atoms with E-state index in [0.717, 1.165) is 18.6 Å². The zero-order chi connectivity index (χ0) is 14.0. The van der Waals surface area contributed by atoms with Crippen LogP contribution in [0.25, 0.3) is 0 Å². The van der Waals surface area contributed by atoms with Crippen LogP contribution in [0.5, 0.6) is 0 Å². The van der Waals surface area contributed by atoms with Gasteiger partial charge in [0.25, 0.3) is 0 Å². The monoisotopic (exact) mass is 272 g/mol. The Kier molecular flexibility index (Phi) is 3.94. The molecule has 5 heteroatoms. The van der Waals surface area contributed by atoms with Crippen LogP contribution >= 0.6 is 0 Å². The van der Waals surface area contributed by atoms with Crippen LogP contribution in [0, 0.1) is 0 Å². The number of hydrogen-bond donors (Lipinski definition) is 0. The van der Waals surface area contributed by atoms with Gasteiger partial charge in [-0.2, -0.15) is 13.2 Å². The fourth-order valence-electron chi connectivity index (χ4n) is 2.21. The molecular weight excluding hydrogens is 257 g/mol. The number of carbonyl (C=O) groups is 1. The van der Waals surface area contributed by atoms with Crippen molar-refractivity contribution in [3.05, 3.63) is 35.4 Å². The van der Waals surface area contributed by atoms with E-state index in [1.54, 1.807) is 0 Å². The number of alkyl halides is 3. The van der Waals surface area contributed by atoms with Gasteiger partial charge in [0.1, 0.15) is 6.10 Å². The van der Waals surface area contributed by atoms with Gasteiger partial charge in [0.15, 0.2) is 5.78 Å². The molecule has 1 aromatic rings. The first kappa shape index (κ1) is 14.1. The molecule has 0 spiro atoms. The van der Waals surface area contributed by atoms with E-state index in [-0.39, 0.29) is 18.3 Å². The number of ether oxygens (including phenoxy) is 1. The Morgan fingerprint density at radius 1 is 1.37 bits per heavy atom. The van der Waals surface area contributed by atoms with Gasteiger partial charge in [0.2, 0.25) is 0 Å². The molecule has 104 valence electrons. The molecule has 19 heavy (non-hydrogen) atoms. The molecule has 0 bridgehead atoms. The third-order valence-electron chi connectivity index (χ3n) is 3.22. The van der Waals surface area contributed by atoms with Crippen LogP contribution in [0.15, 0.2) is 24.3 Å². The predicted octanol–water partition coefficient (Wildman–Crippen LogP) is 3.38. The first-order chi connectivity index (χ1) is 8.86. The molecule has 0 radical (unpaired) electrons. The summed E-state index contributed by atoms with van der Waals surface area (Å²) in [6.07, 6.45) is -3.34. The summed E-state index contributed by atoms with van der Waals surface area (Å²) in [7, 11) is 0. The second-order valence-corrected chi connectivity index (χ2v) is 4.85. The average Bonchev–Trinajstić information content (AvgIpc) is 2.75. The molecule has 0 aromatic heterocycles. The third-order valence-corrected chi connectivity index (χ3v) is 3.22. The fraction of sp³-hybridized carbons (Fsp3) is 0.500. The first-order valence-corrected chi connectivity index (χ1v) is 6.20. The maximum absolute atomic E-state index is 12.5. The normalized spacial score (nSPS) is 23.6. The van der Waals surface area contributed by atoms with Crippen LogP contribution in [0.4, 0.5) is 13.2 Å². The van der Waals surface area contributed by atoms with Crippen molar-refractivity contribution in [1.82, 2.24) is 0 Å². The molecule has 1 heterocycles. The van der Waals surface area contributed by atoms with Crippen molar-refractivity contribution in [3.8, 4) is 0 Å². The lowest BCUT2D eigenvalue weighted by Crippen LogP contribution is -2.22. The summed E-state index contributed by atoms with van der Waals surface area (Å²) in [6.45, 7) is 1.89.